The minimum absolute atomic E-state index is 0.0239. The van der Waals surface area contributed by atoms with E-state index in [4.69, 9.17) is 25.5 Å². The lowest BCUT2D eigenvalue weighted by Crippen LogP contribution is -2.16. The Labute approximate surface area is 275 Å². The summed E-state index contributed by atoms with van der Waals surface area (Å²) in [6.45, 7) is 4.31. The number of rotatable bonds is 11. The molecule has 10 nitrogen and oxygen atoms in total. The molecule has 0 aliphatic rings. The van der Waals surface area contributed by atoms with Crippen LogP contribution in [0.2, 0.25) is 5.02 Å². The molecule has 0 bridgehead atoms. The van der Waals surface area contributed by atoms with Gasteiger partial charge >= 0.3 is 11.6 Å². The first-order valence-electron chi connectivity index (χ1n) is 14.6. The van der Waals surface area contributed by atoms with Crippen molar-refractivity contribution < 1.29 is 23.6 Å². The molecule has 0 spiro atoms. The number of nitro benzene ring substituents is 1. The molecule has 6 aromatic rings. The molecule has 2 aromatic heterocycles. The van der Waals surface area contributed by atoms with Crippen molar-refractivity contribution in [2.75, 3.05) is 0 Å². The number of fused-ring (bicyclic) bond motifs is 1. The molecule has 4 aromatic carbocycles. The van der Waals surface area contributed by atoms with Crippen LogP contribution in [0.4, 0.5) is 5.69 Å². The van der Waals surface area contributed by atoms with Crippen LogP contribution in [0, 0.1) is 24.0 Å². The zero-order valence-corrected chi connectivity index (χ0v) is 26.2. The fourth-order valence-electron chi connectivity index (χ4n) is 5.24. The van der Waals surface area contributed by atoms with Gasteiger partial charge in [-0.15, -0.1) is 0 Å². The molecule has 236 valence electrons. The first-order chi connectivity index (χ1) is 22.8. The summed E-state index contributed by atoms with van der Waals surface area (Å²) >= 11 is 6.41. The van der Waals surface area contributed by atoms with Gasteiger partial charge in [0.25, 0.3) is 0 Å². The Morgan fingerprint density at radius 1 is 0.936 bits per heavy atom. The van der Waals surface area contributed by atoms with E-state index in [1.807, 2.05) is 66.7 Å². The van der Waals surface area contributed by atoms with Crippen LogP contribution in [0.3, 0.4) is 0 Å². The number of nitro groups is 1. The third-order valence-corrected chi connectivity index (χ3v) is 7.79. The number of aryl methyl sites for hydroxylation is 2. The number of nitrogens with one attached hydrogen (secondary N) is 1. The lowest BCUT2D eigenvalue weighted by atomic mass is 10.1. The van der Waals surface area contributed by atoms with Crippen molar-refractivity contribution in [2.24, 2.45) is 5.10 Å². The summed E-state index contributed by atoms with van der Waals surface area (Å²) in [5, 5.41) is 17.8. The van der Waals surface area contributed by atoms with Gasteiger partial charge in [0.1, 0.15) is 24.7 Å². The van der Waals surface area contributed by atoms with Gasteiger partial charge in [0, 0.05) is 28.7 Å². The van der Waals surface area contributed by atoms with E-state index in [1.165, 1.54) is 24.4 Å². The smallest absolute Gasteiger partial charge is 0.313 e. The Kier molecular flexibility index (Phi) is 9.03. The highest BCUT2D eigenvalue weighted by Crippen LogP contribution is 2.37. The van der Waals surface area contributed by atoms with Gasteiger partial charge < -0.3 is 18.5 Å². The summed E-state index contributed by atoms with van der Waals surface area (Å²) in [7, 11) is 0. The second-order valence-corrected chi connectivity index (χ2v) is 11.1. The molecule has 2 heterocycles. The lowest BCUT2D eigenvalue weighted by molar-refractivity contribution is -0.385. The van der Waals surface area contributed by atoms with Crippen molar-refractivity contribution in [3.63, 3.8) is 0 Å². The van der Waals surface area contributed by atoms with Crippen LogP contribution in [0.15, 0.2) is 113 Å². The van der Waals surface area contributed by atoms with Crippen LogP contribution in [0.1, 0.15) is 38.8 Å². The van der Waals surface area contributed by atoms with Crippen LogP contribution in [-0.4, -0.2) is 21.6 Å². The van der Waals surface area contributed by atoms with E-state index in [0.717, 1.165) is 33.4 Å². The van der Waals surface area contributed by atoms with E-state index in [2.05, 4.69) is 41.1 Å². The molecule has 0 radical (unpaired) electrons. The molecule has 1 N–H and O–H groups in total. The second-order valence-electron chi connectivity index (χ2n) is 10.7. The summed E-state index contributed by atoms with van der Waals surface area (Å²) in [5.41, 5.74) is 6.51. The number of nitrogens with zero attached hydrogens (tertiary/aromatic N) is 3. The standard InChI is InChI=1S/C36H29ClN4O6/c1-23-10-11-24(2)40(23)28-12-14-29(15-13-28)45-22-30-16-17-34(47-30)36(42)39-38-20-25-18-32(37)35(33(19-25)41(43)44)46-21-27-8-5-7-26-6-3-4-9-31(26)27/h3-20H,21-22H2,1-2H3,(H,39,42)/b38-20+. The average Bonchev–Trinajstić information content (AvgIpc) is 3.69. The number of hydrazone groups is 1. The zero-order valence-electron chi connectivity index (χ0n) is 25.5. The summed E-state index contributed by atoms with van der Waals surface area (Å²) in [6, 6.07) is 31.3. The predicted molar refractivity (Wildman–Crippen MR) is 180 cm³/mol. The summed E-state index contributed by atoms with van der Waals surface area (Å²) in [5.74, 6) is 0.460. The molecule has 0 saturated heterocycles. The molecule has 1 amide bonds. The third-order valence-electron chi connectivity index (χ3n) is 7.51. The number of amides is 1. The first kappa shape index (κ1) is 31.1. The van der Waals surface area contributed by atoms with Crippen molar-refractivity contribution in [2.45, 2.75) is 27.1 Å². The van der Waals surface area contributed by atoms with Gasteiger partial charge in [-0.05, 0) is 84.8 Å². The van der Waals surface area contributed by atoms with Crippen molar-refractivity contribution in [1.29, 1.82) is 0 Å². The fraction of sp³-hybridized carbons (Fsp3) is 0.111. The quantitative estimate of drug-likeness (QED) is 0.0856. The highest BCUT2D eigenvalue weighted by atomic mass is 35.5. The third kappa shape index (κ3) is 7.03. The Morgan fingerprint density at radius 2 is 1.68 bits per heavy atom. The molecule has 0 atom stereocenters. The molecule has 0 saturated carbocycles. The van der Waals surface area contributed by atoms with E-state index >= 15 is 0 Å². The van der Waals surface area contributed by atoms with Crippen molar-refractivity contribution in [1.82, 2.24) is 9.99 Å². The Morgan fingerprint density at radius 3 is 2.45 bits per heavy atom. The second kappa shape index (κ2) is 13.6. The Bertz CT molecular complexity index is 2090. The highest BCUT2D eigenvalue weighted by Gasteiger charge is 2.21. The molecular weight excluding hydrogens is 620 g/mol. The van der Waals surface area contributed by atoms with E-state index in [1.54, 1.807) is 6.07 Å². The lowest BCUT2D eigenvalue weighted by Gasteiger charge is -2.11. The maximum absolute atomic E-state index is 12.6. The molecule has 47 heavy (non-hydrogen) atoms. The number of halogens is 1. The first-order valence-corrected chi connectivity index (χ1v) is 15.0. The van der Waals surface area contributed by atoms with Crippen LogP contribution < -0.4 is 14.9 Å². The number of hydrogen-bond acceptors (Lipinski definition) is 7. The Hall–Kier alpha value is -5.87. The predicted octanol–water partition coefficient (Wildman–Crippen LogP) is 8.32. The molecule has 0 aliphatic carbocycles. The largest absolute Gasteiger partial charge is 0.486 e. The SMILES string of the molecule is Cc1ccc(C)n1-c1ccc(OCc2ccc(C(=O)N/N=C/c3cc(Cl)c(OCc4cccc5ccccc45)c([N+](=O)[O-])c3)o2)cc1. The van der Waals surface area contributed by atoms with E-state index in [0.29, 0.717) is 17.1 Å². The fourth-order valence-corrected chi connectivity index (χ4v) is 5.52. The number of carbonyl (C=O) groups is 1. The molecule has 0 unspecified atom stereocenters. The van der Waals surface area contributed by atoms with Crippen molar-refractivity contribution >= 4 is 40.2 Å². The molecule has 11 heteroatoms. The van der Waals surface area contributed by atoms with Crippen LogP contribution >= 0.6 is 11.6 Å². The van der Waals surface area contributed by atoms with Crippen molar-refractivity contribution in [3.05, 3.63) is 152 Å². The Balaban J connectivity index is 1.06. The van der Waals surface area contributed by atoms with E-state index in [-0.39, 0.29) is 35.4 Å². The van der Waals surface area contributed by atoms with Gasteiger partial charge in [-0.3, -0.25) is 14.9 Å². The van der Waals surface area contributed by atoms with Crippen LogP contribution in [-0.2, 0) is 13.2 Å². The van der Waals surface area contributed by atoms with Gasteiger partial charge in [-0.25, -0.2) is 5.43 Å². The van der Waals surface area contributed by atoms with E-state index in [9.17, 15) is 14.9 Å². The minimum Gasteiger partial charge on any atom is -0.486 e. The number of aromatic nitrogens is 1. The van der Waals surface area contributed by atoms with Gasteiger partial charge in [0.05, 0.1) is 16.2 Å². The maximum atomic E-state index is 12.6. The molecule has 0 fully saturated rings. The molecule has 6 rings (SSSR count). The summed E-state index contributed by atoms with van der Waals surface area (Å²) in [6.07, 6.45) is 1.25. The zero-order chi connectivity index (χ0) is 32.9. The van der Waals surface area contributed by atoms with Crippen LogP contribution in [0.5, 0.6) is 11.5 Å². The monoisotopic (exact) mass is 648 g/mol. The van der Waals surface area contributed by atoms with Gasteiger partial charge in [0.2, 0.25) is 5.75 Å². The number of ether oxygens (including phenoxy) is 2. The number of hydrogen-bond donors (Lipinski definition) is 1. The molecular formula is C36H29ClN4O6. The van der Waals surface area contributed by atoms with Gasteiger partial charge in [-0.1, -0.05) is 54.1 Å². The number of furan rings is 1. The maximum Gasteiger partial charge on any atom is 0.313 e. The summed E-state index contributed by atoms with van der Waals surface area (Å²) in [4.78, 5) is 23.9. The van der Waals surface area contributed by atoms with Gasteiger partial charge in [-0.2, -0.15) is 5.10 Å². The topological polar surface area (TPSA) is 121 Å². The van der Waals surface area contributed by atoms with E-state index < -0.39 is 10.8 Å². The van der Waals surface area contributed by atoms with Crippen LogP contribution in [0.25, 0.3) is 16.5 Å². The molecule has 0 aliphatic heterocycles. The number of carbonyl (C=O) groups excluding carboxylic acids is 1. The van der Waals surface area contributed by atoms with Gasteiger partial charge in [0.15, 0.2) is 5.76 Å². The highest BCUT2D eigenvalue weighted by molar-refractivity contribution is 6.32. The van der Waals surface area contributed by atoms with Crippen molar-refractivity contribution in [3.8, 4) is 17.2 Å². The average molecular weight is 649 g/mol. The summed E-state index contributed by atoms with van der Waals surface area (Å²) < 4.78 is 19.4. The normalized spacial score (nSPS) is 11.2. The minimum atomic E-state index is -0.607. The number of benzene rings is 4.